The fourth-order valence-corrected chi connectivity index (χ4v) is 1.10. The second-order valence-electron chi connectivity index (χ2n) is 3.78. The lowest BCUT2D eigenvalue weighted by Gasteiger charge is -2.15. The molecule has 0 unspecified atom stereocenters. The van der Waals surface area contributed by atoms with Crippen molar-refractivity contribution in [1.29, 1.82) is 0 Å². The second-order valence-corrected chi connectivity index (χ2v) is 3.78. The molecule has 4 nitrogen and oxygen atoms in total. The zero-order valence-electron chi connectivity index (χ0n) is 9.31. The van der Waals surface area contributed by atoms with Crippen molar-refractivity contribution in [3.8, 4) is 5.75 Å². The van der Waals surface area contributed by atoms with Gasteiger partial charge >= 0.3 is 0 Å². The van der Waals surface area contributed by atoms with Crippen LogP contribution in [0.3, 0.4) is 0 Å². The number of para-hydroxylation sites is 2. The van der Waals surface area contributed by atoms with E-state index in [1.54, 1.807) is 18.2 Å². The number of halogens is 1. The molecule has 0 bridgehead atoms. The Kier molecular flexibility index (Phi) is 5.85. The molecule has 5 heteroatoms. The predicted octanol–water partition coefficient (Wildman–Crippen LogP) is 1.74. The number of phenols is 1. The Morgan fingerprint density at radius 3 is 2.44 bits per heavy atom. The van der Waals surface area contributed by atoms with Crippen molar-refractivity contribution in [2.24, 2.45) is 11.7 Å². The van der Waals surface area contributed by atoms with Gasteiger partial charge in [0, 0.05) is 0 Å². The van der Waals surface area contributed by atoms with Crippen LogP contribution in [0.1, 0.15) is 13.8 Å². The fourth-order valence-electron chi connectivity index (χ4n) is 1.10. The van der Waals surface area contributed by atoms with E-state index in [1.165, 1.54) is 6.07 Å². The van der Waals surface area contributed by atoms with Gasteiger partial charge in [0.25, 0.3) is 0 Å². The summed E-state index contributed by atoms with van der Waals surface area (Å²) in [5.74, 6) is -0.177. The Morgan fingerprint density at radius 1 is 1.38 bits per heavy atom. The highest BCUT2D eigenvalue weighted by molar-refractivity contribution is 5.95. The van der Waals surface area contributed by atoms with Gasteiger partial charge in [-0.05, 0) is 18.1 Å². The first-order valence-electron chi connectivity index (χ1n) is 4.87. The maximum absolute atomic E-state index is 11.6. The highest BCUT2D eigenvalue weighted by atomic mass is 35.5. The predicted molar refractivity (Wildman–Crippen MR) is 66.8 cm³/mol. The van der Waals surface area contributed by atoms with Crippen LogP contribution in [0.15, 0.2) is 24.3 Å². The van der Waals surface area contributed by atoms with Gasteiger partial charge in [-0.3, -0.25) is 4.79 Å². The highest BCUT2D eigenvalue weighted by Crippen LogP contribution is 2.21. The van der Waals surface area contributed by atoms with Gasteiger partial charge in [0.1, 0.15) is 5.75 Å². The van der Waals surface area contributed by atoms with Crippen LogP contribution in [0, 0.1) is 5.92 Å². The van der Waals surface area contributed by atoms with Gasteiger partial charge < -0.3 is 16.2 Å². The topological polar surface area (TPSA) is 75.4 Å². The van der Waals surface area contributed by atoms with Crippen LogP contribution in [0.25, 0.3) is 0 Å². The average molecular weight is 245 g/mol. The maximum Gasteiger partial charge on any atom is 0.241 e. The highest BCUT2D eigenvalue weighted by Gasteiger charge is 2.17. The molecular formula is C11H17ClN2O2. The van der Waals surface area contributed by atoms with Gasteiger partial charge in [0.05, 0.1) is 11.7 Å². The SMILES string of the molecule is CC(C)[C@@H](N)C(=O)Nc1ccccc1O.Cl. The number of benzene rings is 1. The number of nitrogens with one attached hydrogen (secondary N) is 1. The minimum atomic E-state index is -0.565. The van der Waals surface area contributed by atoms with E-state index in [1.807, 2.05) is 13.8 Å². The summed E-state index contributed by atoms with van der Waals surface area (Å²) < 4.78 is 0. The molecule has 0 heterocycles. The molecule has 0 saturated carbocycles. The van der Waals surface area contributed by atoms with Crippen LogP contribution < -0.4 is 11.1 Å². The minimum Gasteiger partial charge on any atom is -0.506 e. The lowest BCUT2D eigenvalue weighted by atomic mass is 10.0. The normalized spacial score (nSPS) is 11.8. The minimum absolute atomic E-state index is 0. The largest absolute Gasteiger partial charge is 0.506 e. The summed E-state index contributed by atoms with van der Waals surface area (Å²) in [4.78, 5) is 11.6. The Labute approximate surface area is 101 Å². The first-order valence-corrected chi connectivity index (χ1v) is 4.87. The van der Waals surface area contributed by atoms with Crippen molar-refractivity contribution in [1.82, 2.24) is 0 Å². The average Bonchev–Trinajstić information content (AvgIpc) is 2.20. The van der Waals surface area contributed by atoms with Crippen LogP contribution in [0.4, 0.5) is 5.69 Å². The third kappa shape index (κ3) is 3.72. The zero-order chi connectivity index (χ0) is 11.4. The Morgan fingerprint density at radius 2 is 1.94 bits per heavy atom. The molecule has 1 atom stereocenters. The Hall–Kier alpha value is -1.26. The molecule has 16 heavy (non-hydrogen) atoms. The van der Waals surface area contributed by atoms with Gasteiger partial charge in [-0.1, -0.05) is 26.0 Å². The monoisotopic (exact) mass is 244 g/mol. The van der Waals surface area contributed by atoms with Crippen molar-refractivity contribution in [3.63, 3.8) is 0 Å². The molecule has 1 aromatic rings. The lowest BCUT2D eigenvalue weighted by molar-refractivity contribution is -0.118. The third-order valence-electron chi connectivity index (χ3n) is 2.18. The smallest absolute Gasteiger partial charge is 0.241 e. The van der Waals surface area contributed by atoms with E-state index in [2.05, 4.69) is 5.32 Å². The Bertz CT molecular complexity index is 356. The summed E-state index contributed by atoms with van der Waals surface area (Å²) in [6, 6.07) is 5.99. The number of nitrogens with two attached hydrogens (primary N) is 1. The molecule has 0 fully saturated rings. The first-order chi connectivity index (χ1) is 7.02. The molecule has 4 N–H and O–H groups in total. The summed E-state index contributed by atoms with van der Waals surface area (Å²) in [6.07, 6.45) is 0. The fraction of sp³-hybridized carbons (Fsp3) is 0.364. The summed E-state index contributed by atoms with van der Waals surface area (Å²) in [7, 11) is 0. The molecule has 1 amide bonds. The summed E-state index contributed by atoms with van der Waals surface area (Å²) in [5.41, 5.74) is 6.05. The van der Waals surface area contributed by atoms with E-state index in [9.17, 15) is 9.90 Å². The molecular weight excluding hydrogens is 228 g/mol. The molecule has 0 aliphatic carbocycles. The molecule has 0 spiro atoms. The summed E-state index contributed by atoms with van der Waals surface area (Å²) in [6.45, 7) is 3.74. The van der Waals surface area contributed by atoms with E-state index >= 15 is 0 Å². The number of amides is 1. The number of phenolic OH excluding ortho intramolecular Hbond substituents is 1. The van der Waals surface area contributed by atoms with E-state index in [4.69, 9.17) is 5.73 Å². The molecule has 0 aliphatic heterocycles. The van der Waals surface area contributed by atoms with E-state index in [0.29, 0.717) is 5.69 Å². The number of anilines is 1. The first kappa shape index (κ1) is 14.7. The molecule has 1 aromatic carbocycles. The molecule has 0 aromatic heterocycles. The van der Waals surface area contributed by atoms with E-state index in [0.717, 1.165) is 0 Å². The van der Waals surface area contributed by atoms with Crippen LogP contribution in [-0.2, 0) is 4.79 Å². The summed E-state index contributed by atoms with van der Waals surface area (Å²) in [5, 5.41) is 12.0. The number of rotatable bonds is 3. The number of carbonyl (C=O) groups is 1. The van der Waals surface area contributed by atoms with Crippen LogP contribution in [0.2, 0.25) is 0 Å². The van der Waals surface area contributed by atoms with Crippen molar-refractivity contribution in [2.45, 2.75) is 19.9 Å². The third-order valence-corrected chi connectivity index (χ3v) is 2.18. The van der Waals surface area contributed by atoms with Gasteiger partial charge in [-0.25, -0.2) is 0 Å². The Balaban J connectivity index is 0.00000225. The second kappa shape index (κ2) is 6.35. The van der Waals surface area contributed by atoms with Crippen molar-refractivity contribution in [3.05, 3.63) is 24.3 Å². The van der Waals surface area contributed by atoms with E-state index < -0.39 is 6.04 Å². The lowest BCUT2D eigenvalue weighted by Crippen LogP contribution is -2.39. The standard InChI is InChI=1S/C11H16N2O2.ClH/c1-7(2)10(12)11(15)13-8-5-3-4-6-9(8)14;/h3-7,10,14H,12H2,1-2H3,(H,13,15);1H/t10-;/m1./s1. The van der Waals surface area contributed by atoms with E-state index in [-0.39, 0.29) is 30.0 Å². The van der Waals surface area contributed by atoms with Gasteiger partial charge in [-0.15, -0.1) is 12.4 Å². The van der Waals surface area contributed by atoms with Gasteiger partial charge in [0.2, 0.25) is 5.91 Å². The molecule has 0 radical (unpaired) electrons. The molecule has 0 aliphatic rings. The van der Waals surface area contributed by atoms with Gasteiger partial charge in [-0.2, -0.15) is 0 Å². The number of hydrogen-bond acceptors (Lipinski definition) is 3. The van der Waals surface area contributed by atoms with Crippen molar-refractivity contribution >= 4 is 24.0 Å². The summed E-state index contributed by atoms with van der Waals surface area (Å²) >= 11 is 0. The zero-order valence-corrected chi connectivity index (χ0v) is 10.1. The van der Waals surface area contributed by atoms with Crippen LogP contribution >= 0.6 is 12.4 Å². The molecule has 1 rings (SSSR count). The van der Waals surface area contributed by atoms with Crippen molar-refractivity contribution < 1.29 is 9.90 Å². The molecule has 90 valence electrons. The van der Waals surface area contributed by atoms with Gasteiger partial charge in [0.15, 0.2) is 0 Å². The van der Waals surface area contributed by atoms with Crippen molar-refractivity contribution in [2.75, 3.05) is 5.32 Å². The molecule has 0 saturated heterocycles. The number of carbonyl (C=O) groups excluding carboxylic acids is 1. The quantitative estimate of drug-likeness (QED) is 0.709. The van der Waals surface area contributed by atoms with Crippen LogP contribution in [0.5, 0.6) is 5.75 Å². The maximum atomic E-state index is 11.6. The van der Waals surface area contributed by atoms with Crippen LogP contribution in [-0.4, -0.2) is 17.1 Å². The number of hydrogen-bond donors (Lipinski definition) is 3. The number of aromatic hydroxyl groups is 1.